The van der Waals surface area contributed by atoms with Gasteiger partial charge in [-0.25, -0.2) is 0 Å². The summed E-state index contributed by atoms with van der Waals surface area (Å²) in [6, 6.07) is -0.0768. The van der Waals surface area contributed by atoms with Crippen molar-refractivity contribution in [2.24, 2.45) is 0 Å². The normalized spacial score (nSPS) is 15.3. The van der Waals surface area contributed by atoms with Crippen molar-refractivity contribution in [2.45, 2.75) is 32.4 Å². The van der Waals surface area contributed by atoms with Crippen LogP contribution in [0.2, 0.25) is 0 Å². The lowest BCUT2D eigenvalue weighted by Crippen LogP contribution is -2.22. The minimum Gasteiger partial charge on any atom is -0.463 e. The zero-order valence-electron chi connectivity index (χ0n) is 11.8. The molecule has 0 saturated carbocycles. The van der Waals surface area contributed by atoms with Crippen molar-refractivity contribution in [3.05, 3.63) is 0 Å². The topological polar surface area (TPSA) is 63.2 Å². The number of hydrogen-bond donors (Lipinski definition) is 1. The van der Waals surface area contributed by atoms with Crippen molar-refractivity contribution in [2.75, 3.05) is 36.5 Å². The van der Waals surface area contributed by atoms with E-state index in [9.17, 15) is 13.2 Å². The summed E-state index contributed by atoms with van der Waals surface area (Å²) in [5, 5.41) is 2.93. The molecule has 6 nitrogen and oxygen atoms in total. The Kier molecular flexibility index (Phi) is 5.03. The van der Waals surface area contributed by atoms with Gasteiger partial charge in [-0.1, -0.05) is 0 Å². The average molecular weight is 305 g/mol. The quantitative estimate of drug-likeness (QED) is 0.869. The van der Waals surface area contributed by atoms with Crippen LogP contribution < -0.4 is 15.0 Å². The molecule has 1 aliphatic heterocycles. The van der Waals surface area contributed by atoms with Crippen LogP contribution in [0.15, 0.2) is 0 Å². The van der Waals surface area contributed by atoms with Crippen LogP contribution in [-0.2, 0) is 0 Å². The van der Waals surface area contributed by atoms with E-state index in [1.807, 2.05) is 11.8 Å². The lowest BCUT2D eigenvalue weighted by atomic mass is 10.4. The molecule has 0 bridgehead atoms. The Morgan fingerprint density at radius 3 is 2.52 bits per heavy atom. The van der Waals surface area contributed by atoms with Crippen LogP contribution in [0.1, 0.15) is 26.2 Å². The third-order valence-electron chi connectivity index (χ3n) is 2.94. The molecule has 1 aliphatic rings. The maximum atomic E-state index is 12.1. The summed E-state index contributed by atoms with van der Waals surface area (Å²) in [4.78, 5) is 14.3. The summed E-state index contributed by atoms with van der Waals surface area (Å²) in [6.45, 7) is 3.64. The molecule has 21 heavy (non-hydrogen) atoms. The third-order valence-corrected chi connectivity index (χ3v) is 2.94. The van der Waals surface area contributed by atoms with Crippen LogP contribution >= 0.6 is 0 Å². The largest absolute Gasteiger partial charge is 0.463 e. The van der Waals surface area contributed by atoms with Crippen molar-refractivity contribution in [1.29, 1.82) is 0 Å². The molecule has 1 aromatic rings. The van der Waals surface area contributed by atoms with E-state index in [0.717, 1.165) is 25.9 Å². The highest BCUT2D eigenvalue weighted by molar-refractivity contribution is 5.39. The van der Waals surface area contributed by atoms with Gasteiger partial charge in [-0.2, -0.15) is 28.1 Å². The van der Waals surface area contributed by atoms with Crippen molar-refractivity contribution >= 4 is 11.9 Å². The molecule has 1 N–H and O–H groups in total. The molecule has 0 aromatic carbocycles. The molecule has 0 radical (unpaired) electrons. The van der Waals surface area contributed by atoms with Crippen molar-refractivity contribution < 1.29 is 17.9 Å². The molecular formula is C12H18F3N5O. The van der Waals surface area contributed by atoms with Gasteiger partial charge < -0.3 is 15.0 Å². The van der Waals surface area contributed by atoms with Crippen molar-refractivity contribution in [3.63, 3.8) is 0 Å². The van der Waals surface area contributed by atoms with Gasteiger partial charge >= 0.3 is 12.2 Å². The van der Waals surface area contributed by atoms with Gasteiger partial charge in [0.2, 0.25) is 11.9 Å². The minimum absolute atomic E-state index is 0.0768. The predicted molar refractivity (Wildman–Crippen MR) is 71.6 cm³/mol. The second kappa shape index (κ2) is 6.77. The predicted octanol–water partition coefficient (Wildman–Crippen LogP) is 2.23. The average Bonchev–Trinajstić information content (AvgIpc) is 2.91. The molecule has 0 atom stereocenters. The Morgan fingerprint density at radius 2 is 1.90 bits per heavy atom. The Labute approximate surface area is 120 Å². The zero-order valence-corrected chi connectivity index (χ0v) is 11.8. The SMILES string of the molecule is CCNc1nc(OCCC(F)(F)F)nc(N2CCCC2)n1. The van der Waals surface area contributed by atoms with Gasteiger partial charge in [-0.3, -0.25) is 0 Å². The molecule has 1 fully saturated rings. The minimum atomic E-state index is -4.25. The highest BCUT2D eigenvalue weighted by Crippen LogP contribution is 2.22. The van der Waals surface area contributed by atoms with E-state index < -0.39 is 19.2 Å². The molecule has 9 heteroatoms. The zero-order chi connectivity index (χ0) is 15.3. The molecule has 0 spiro atoms. The van der Waals surface area contributed by atoms with E-state index in [1.54, 1.807) is 0 Å². The monoisotopic (exact) mass is 305 g/mol. The fourth-order valence-corrected chi connectivity index (χ4v) is 1.96. The van der Waals surface area contributed by atoms with E-state index in [0.29, 0.717) is 18.4 Å². The van der Waals surface area contributed by atoms with Crippen molar-refractivity contribution in [3.8, 4) is 6.01 Å². The van der Waals surface area contributed by atoms with Gasteiger partial charge in [0.25, 0.3) is 0 Å². The van der Waals surface area contributed by atoms with Gasteiger partial charge in [0, 0.05) is 19.6 Å². The van der Waals surface area contributed by atoms with Gasteiger partial charge in [0.1, 0.15) is 6.61 Å². The second-order valence-electron chi connectivity index (χ2n) is 4.68. The fourth-order valence-electron chi connectivity index (χ4n) is 1.96. The van der Waals surface area contributed by atoms with E-state index in [-0.39, 0.29) is 6.01 Å². The molecule has 0 amide bonds. The van der Waals surface area contributed by atoms with Crippen LogP contribution in [0.25, 0.3) is 0 Å². The highest BCUT2D eigenvalue weighted by atomic mass is 19.4. The van der Waals surface area contributed by atoms with Crippen LogP contribution in [0.3, 0.4) is 0 Å². The first-order chi connectivity index (χ1) is 9.98. The number of hydrogen-bond acceptors (Lipinski definition) is 6. The third kappa shape index (κ3) is 4.91. The fraction of sp³-hybridized carbons (Fsp3) is 0.750. The summed E-state index contributed by atoms with van der Waals surface area (Å²) < 4.78 is 41.4. The van der Waals surface area contributed by atoms with Crippen LogP contribution in [0, 0.1) is 0 Å². The molecule has 2 heterocycles. The second-order valence-corrected chi connectivity index (χ2v) is 4.68. The van der Waals surface area contributed by atoms with Gasteiger partial charge in [0.05, 0.1) is 6.42 Å². The molecule has 0 unspecified atom stereocenters. The summed E-state index contributed by atoms with van der Waals surface area (Å²) in [7, 11) is 0. The van der Waals surface area contributed by atoms with Gasteiger partial charge in [0.15, 0.2) is 0 Å². The van der Waals surface area contributed by atoms with Gasteiger partial charge in [-0.15, -0.1) is 0 Å². The molecule has 118 valence electrons. The maximum Gasteiger partial charge on any atom is 0.392 e. The Hall–Kier alpha value is -1.80. The number of anilines is 2. The number of aromatic nitrogens is 3. The first kappa shape index (κ1) is 15.6. The molecule has 1 aromatic heterocycles. The number of ether oxygens (including phenoxy) is 1. The number of halogens is 3. The molecular weight excluding hydrogens is 287 g/mol. The van der Waals surface area contributed by atoms with E-state index in [2.05, 4.69) is 20.3 Å². The van der Waals surface area contributed by atoms with Crippen LogP contribution in [0.4, 0.5) is 25.1 Å². The molecule has 2 rings (SSSR count). The summed E-state index contributed by atoms with van der Waals surface area (Å²) in [6.07, 6.45) is -3.19. The lowest BCUT2D eigenvalue weighted by molar-refractivity contribution is -0.139. The number of nitrogens with zero attached hydrogens (tertiary/aromatic N) is 4. The Morgan fingerprint density at radius 1 is 1.19 bits per heavy atom. The number of nitrogens with one attached hydrogen (secondary N) is 1. The first-order valence-corrected chi connectivity index (χ1v) is 6.92. The summed E-state index contributed by atoms with van der Waals surface area (Å²) in [5.74, 6) is 0.761. The molecule has 1 saturated heterocycles. The highest BCUT2D eigenvalue weighted by Gasteiger charge is 2.27. The van der Waals surface area contributed by atoms with E-state index >= 15 is 0 Å². The Balaban J connectivity index is 2.07. The summed E-state index contributed by atoms with van der Waals surface area (Å²) >= 11 is 0. The molecule has 0 aliphatic carbocycles. The lowest BCUT2D eigenvalue weighted by Gasteiger charge is -2.16. The number of alkyl halides is 3. The van der Waals surface area contributed by atoms with Crippen molar-refractivity contribution in [1.82, 2.24) is 15.0 Å². The maximum absolute atomic E-state index is 12.1. The van der Waals surface area contributed by atoms with E-state index in [4.69, 9.17) is 4.74 Å². The van der Waals surface area contributed by atoms with Crippen LogP contribution in [0.5, 0.6) is 6.01 Å². The van der Waals surface area contributed by atoms with E-state index in [1.165, 1.54) is 0 Å². The standard InChI is InChI=1S/C12H18F3N5O/c1-2-16-9-17-10(20-6-3-4-7-20)19-11(18-9)21-8-5-12(13,14)15/h2-8H2,1H3,(H,16,17,18,19). The first-order valence-electron chi connectivity index (χ1n) is 6.92. The number of rotatable bonds is 6. The summed E-state index contributed by atoms with van der Waals surface area (Å²) in [5.41, 5.74) is 0. The van der Waals surface area contributed by atoms with Gasteiger partial charge in [-0.05, 0) is 19.8 Å². The smallest absolute Gasteiger partial charge is 0.392 e. The Bertz CT molecular complexity index is 463. The van der Waals surface area contributed by atoms with Crippen LogP contribution in [-0.4, -0.2) is 47.4 Å².